The number of carbonyl (C=O) groups excluding carboxylic acids is 2. The van der Waals surface area contributed by atoms with E-state index in [1.807, 2.05) is 0 Å². The first-order chi connectivity index (χ1) is 15.5. The first-order valence-electron chi connectivity index (χ1n) is 10.5. The molecule has 2 aromatic rings. The highest BCUT2D eigenvalue weighted by atomic mass is 35.5. The fourth-order valence-corrected chi connectivity index (χ4v) is 4.35. The number of hydrogen-bond acceptors (Lipinski definition) is 6. The SMILES string of the molecule is COc1ccc(/C(O)=C2/C(=O)C(=O)N(CCN3CCOCC3)C2c2ccccc2Cl)cc1. The highest BCUT2D eigenvalue weighted by molar-refractivity contribution is 6.47. The number of carbonyl (C=O) groups is 2. The predicted octanol–water partition coefficient (Wildman–Crippen LogP) is 3.10. The molecule has 2 fully saturated rings. The number of ketones is 1. The second kappa shape index (κ2) is 9.73. The largest absolute Gasteiger partial charge is 0.507 e. The second-order valence-corrected chi connectivity index (χ2v) is 8.10. The van der Waals surface area contributed by atoms with Crippen LogP contribution in [0, 0.1) is 0 Å². The van der Waals surface area contributed by atoms with Gasteiger partial charge in [-0.25, -0.2) is 0 Å². The Morgan fingerprint density at radius 3 is 2.44 bits per heavy atom. The molecule has 0 spiro atoms. The van der Waals surface area contributed by atoms with Gasteiger partial charge in [-0.2, -0.15) is 0 Å². The van der Waals surface area contributed by atoms with E-state index >= 15 is 0 Å². The van der Waals surface area contributed by atoms with Gasteiger partial charge in [-0.1, -0.05) is 29.8 Å². The van der Waals surface area contributed by atoms with Crippen LogP contribution in [-0.2, 0) is 14.3 Å². The number of likely N-dealkylation sites (tertiary alicyclic amines) is 1. The quantitative estimate of drug-likeness (QED) is 0.409. The summed E-state index contributed by atoms with van der Waals surface area (Å²) in [5.74, 6) is -0.969. The molecule has 7 nitrogen and oxygen atoms in total. The lowest BCUT2D eigenvalue weighted by atomic mass is 9.95. The van der Waals surface area contributed by atoms with Gasteiger partial charge in [0, 0.05) is 36.8 Å². The molecule has 168 valence electrons. The number of methoxy groups -OCH3 is 1. The van der Waals surface area contributed by atoms with E-state index in [4.69, 9.17) is 21.1 Å². The van der Waals surface area contributed by atoms with E-state index in [-0.39, 0.29) is 11.3 Å². The molecule has 0 aromatic heterocycles. The smallest absolute Gasteiger partial charge is 0.295 e. The van der Waals surface area contributed by atoms with Crippen LogP contribution in [0.3, 0.4) is 0 Å². The maximum atomic E-state index is 13.1. The van der Waals surface area contributed by atoms with Crippen molar-refractivity contribution >= 4 is 29.1 Å². The monoisotopic (exact) mass is 456 g/mol. The van der Waals surface area contributed by atoms with Crippen LogP contribution in [0.4, 0.5) is 0 Å². The summed E-state index contributed by atoms with van der Waals surface area (Å²) in [5, 5.41) is 11.5. The highest BCUT2D eigenvalue weighted by Gasteiger charge is 2.46. The zero-order valence-electron chi connectivity index (χ0n) is 17.8. The van der Waals surface area contributed by atoms with Crippen molar-refractivity contribution in [3.8, 4) is 5.75 Å². The number of hydrogen-bond donors (Lipinski definition) is 1. The van der Waals surface area contributed by atoms with Crippen molar-refractivity contribution in [2.75, 3.05) is 46.5 Å². The molecule has 2 aromatic carbocycles. The fraction of sp³-hybridized carbons (Fsp3) is 0.333. The van der Waals surface area contributed by atoms with E-state index in [2.05, 4.69) is 4.90 Å². The first kappa shape index (κ1) is 22.3. The van der Waals surface area contributed by atoms with Gasteiger partial charge in [0.25, 0.3) is 11.7 Å². The van der Waals surface area contributed by atoms with Crippen LogP contribution < -0.4 is 4.74 Å². The summed E-state index contributed by atoms with van der Waals surface area (Å²) in [6, 6.07) is 13.0. The van der Waals surface area contributed by atoms with Crippen LogP contribution in [0.5, 0.6) is 5.75 Å². The first-order valence-corrected chi connectivity index (χ1v) is 10.9. The minimum Gasteiger partial charge on any atom is -0.507 e. The molecule has 2 aliphatic rings. The number of rotatable bonds is 6. The van der Waals surface area contributed by atoms with Gasteiger partial charge < -0.3 is 19.5 Å². The van der Waals surface area contributed by atoms with Crippen molar-refractivity contribution in [3.63, 3.8) is 0 Å². The Labute approximate surface area is 191 Å². The van der Waals surface area contributed by atoms with Crippen molar-refractivity contribution in [2.24, 2.45) is 0 Å². The number of benzene rings is 2. The molecule has 4 rings (SSSR count). The molecule has 0 bridgehead atoms. The number of aliphatic hydroxyl groups is 1. The van der Waals surface area contributed by atoms with Gasteiger partial charge >= 0.3 is 0 Å². The summed E-state index contributed by atoms with van der Waals surface area (Å²) in [6.07, 6.45) is 0. The van der Waals surface area contributed by atoms with E-state index in [0.717, 1.165) is 13.1 Å². The number of amides is 1. The summed E-state index contributed by atoms with van der Waals surface area (Å²) in [5.41, 5.74) is 1.06. The van der Waals surface area contributed by atoms with Gasteiger partial charge in [0.1, 0.15) is 11.5 Å². The molecule has 1 N–H and O–H groups in total. The van der Waals surface area contributed by atoms with Crippen molar-refractivity contribution in [2.45, 2.75) is 6.04 Å². The van der Waals surface area contributed by atoms with Crippen molar-refractivity contribution in [1.29, 1.82) is 0 Å². The summed E-state index contributed by atoms with van der Waals surface area (Å²) in [4.78, 5) is 29.8. The van der Waals surface area contributed by atoms with Crippen LogP contribution in [0.25, 0.3) is 5.76 Å². The average molecular weight is 457 g/mol. The third kappa shape index (κ3) is 4.37. The fourth-order valence-electron chi connectivity index (χ4n) is 4.11. The Hall–Kier alpha value is -2.87. The topological polar surface area (TPSA) is 79.3 Å². The molecule has 0 aliphatic carbocycles. The number of ether oxygens (including phenoxy) is 2. The molecule has 1 amide bonds. The average Bonchev–Trinajstić information content (AvgIpc) is 3.08. The third-order valence-corrected chi connectivity index (χ3v) is 6.21. The zero-order chi connectivity index (χ0) is 22.7. The summed E-state index contributed by atoms with van der Waals surface area (Å²) < 4.78 is 10.6. The van der Waals surface area contributed by atoms with Crippen LogP contribution in [0.15, 0.2) is 54.1 Å². The molecule has 2 aliphatic heterocycles. The van der Waals surface area contributed by atoms with E-state index in [1.54, 1.807) is 55.6 Å². The molecule has 1 atom stereocenters. The lowest BCUT2D eigenvalue weighted by Crippen LogP contribution is -2.42. The molecule has 2 saturated heterocycles. The number of nitrogens with zero attached hydrogens (tertiary/aromatic N) is 2. The number of Topliss-reactive ketones (excluding diaryl/α,β-unsaturated/α-hetero) is 1. The molecule has 0 saturated carbocycles. The third-order valence-electron chi connectivity index (χ3n) is 5.86. The summed E-state index contributed by atoms with van der Waals surface area (Å²) in [7, 11) is 1.55. The van der Waals surface area contributed by atoms with Crippen molar-refractivity contribution in [1.82, 2.24) is 9.80 Å². The Morgan fingerprint density at radius 2 is 1.78 bits per heavy atom. The number of aliphatic hydroxyl groups excluding tert-OH is 1. The molecular weight excluding hydrogens is 432 g/mol. The Bertz CT molecular complexity index is 1030. The standard InChI is InChI=1S/C24H25ClN2O5/c1-31-17-8-6-16(7-9-17)22(28)20-21(18-4-2-3-5-19(18)25)27(24(30)23(20)29)11-10-26-12-14-32-15-13-26/h2-9,21,28H,10-15H2,1H3/b22-20-. The lowest BCUT2D eigenvalue weighted by molar-refractivity contribution is -0.140. The van der Waals surface area contributed by atoms with Crippen molar-refractivity contribution < 1.29 is 24.2 Å². The molecule has 8 heteroatoms. The van der Waals surface area contributed by atoms with Crippen molar-refractivity contribution in [3.05, 3.63) is 70.3 Å². The second-order valence-electron chi connectivity index (χ2n) is 7.70. The molecule has 1 unspecified atom stereocenters. The van der Waals surface area contributed by atoms with Gasteiger partial charge in [0.15, 0.2) is 0 Å². The van der Waals surface area contributed by atoms with E-state index in [1.165, 1.54) is 4.90 Å². The summed E-state index contributed by atoms with van der Waals surface area (Å²) >= 11 is 6.47. The number of halogens is 1. The normalized spacial score (nSPS) is 21.2. The van der Waals surface area contributed by atoms with Crippen LogP contribution >= 0.6 is 11.6 Å². The van der Waals surface area contributed by atoms with Crippen LogP contribution in [0.2, 0.25) is 5.02 Å². The molecular formula is C24H25ClN2O5. The zero-order valence-corrected chi connectivity index (χ0v) is 18.5. The molecule has 0 radical (unpaired) electrons. The minimum atomic E-state index is -0.771. The van der Waals surface area contributed by atoms with Gasteiger partial charge in [-0.3, -0.25) is 14.5 Å². The lowest BCUT2D eigenvalue weighted by Gasteiger charge is -2.31. The summed E-state index contributed by atoms with van der Waals surface area (Å²) in [6.45, 7) is 3.76. The molecule has 32 heavy (non-hydrogen) atoms. The van der Waals surface area contributed by atoms with Crippen LogP contribution in [0.1, 0.15) is 17.2 Å². The van der Waals surface area contributed by atoms with Gasteiger partial charge in [-0.05, 0) is 35.9 Å². The van der Waals surface area contributed by atoms with Gasteiger partial charge in [0.2, 0.25) is 0 Å². The predicted molar refractivity (Wildman–Crippen MR) is 121 cm³/mol. The minimum absolute atomic E-state index is 0.0373. The van der Waals surface area contributed by atoms with Gasteiger partial charge in [0.05, 0.1) is 31.9 Å². The Morgan fingerprint density at radius 1 is 1.09 bits per heavy atom. The maximum Gasteiger partial charge on any atom is 0.295 e. The van der Waals surface area contributed by atoms with E-state index in [0.29, 0.717) is 48.2 Å². The molecule has 2 heterocycles. The Kier molecular flexibility index (Phi) is 6.79. The highest BCUT2D eigenvalue weighted by Crippen LogP contribution is 2.41. The number of morpholine rings is 1. The Balaban J connectivity index is 1.74. The van der Waals surface area contributed by atoms with Gasteiger partial charge in [-0.15, -0.1) is 0 Å². The van der Waals surface area contributed by atoms with Crippen LogP contribution in [-0.4, -0.2) is 73.1 Å². The maximum absolute atomic E-state index is 13.1. The van der Waals surface area contributed by atoms with E-state index in [9.17, 15) is 14.7 Å². The van der Waals surface area contributed by atoms with E-state index < -0.39 is 17.7 Å².